The molecule has 0 spiro atoms. The number of hydrogen-bond donors (Lipinski definition) is 2. The summed E-state index contributed by atoms with van der Waals surface area (Å²) >= 11 is 0. The fourth-order valence-electron chi connectivity index (χ4n) is 2.34. The summed E-state index contributed by atoms with van der Waals surface area (Å²) in [6.45, 7) is 4.02. The fraction of sp³-hybridized carbons (Fsp3) is 0.636. The van der Waals surface area contributed by atoms with E-state index in [1.54, 1.807) is 0 Å². The highest BCUT2D eigenvalue weighted by Crippen LogP contribution is 2.19. The number of nitrogens with one attached hydrogen (secondary N) is 2. The van der Waals surface area contributed by atoms with Crippen LogP contribution >= 0.6 is 0 Å². The van der Waals surface area contributed by atoms with Gasteiger partial charge in [0.1, 0.15) is 0 Å². The smallest absolute Gasteiger partial charge is 0.223 e. The van der Waals surface area contributed by atoms with Gasteiger partial charge in [-0.25, -0.2) is 9.97 Å². The first kappa shape index (κ1) is 9.99. The van der Waals surface area contributed by atoms with Gasteiger partial charge >= 0.3 is 0 Å². The zero-order valence-electron chi connectivity index (χ0n) is 9.53. The molecule has 0 aliphatic carbocycles. The molecule has 0 amide bonds. The van der Waals surface area contributed by atoms with E-state index in [1.165, 1.54) is 11.3 Å². The predicted molar refractivity (Wildman–Crippen MR) is 62.1 cm³/mol. The molecule has 1 atom stereocenters. The van der Waals surface area contributed by atoms with Gasteiger partial charge in [-0.1, -0.05) is 0 Å². The lowest BCUT2D eigenvalue weighted by Gasteiger charge is -2.11. The van der Waals surface area contributed by atoms with Crippen molar-refractivity contribution in [2.24, 2.45) is 0 Å². The van der Waals surface area contributed by atoms with E-state index in [4.69, 9.17) is 0 Å². The molecule has 0 aromatic carbocycles. The van der Waals surface area contributed by atoms with Crippen LogP contribution in [0.3, 0.4) is 0 Å². The SMILES string of the molecule is CN1Cc2cnc(NC3CCNC3)nc2C1. The zero-order chi connectivity index (χ0) is 11.0. The summed E-state index contributed by atoms with van der Waals surface area (Å²) in [4.78, 5) is 11.2. The van der Waals surface area contributed by atoms with Crippen LogP contribution in [0, 0.1) is 0 Å². The lowest BCUT2D eigenvalue weighted by Crippen LogP contribution is -2.23. The van der Waals surface area contributed by atoms with E-state index in [2.05, 4.69) is 32.5 Å². The van der Waals surface area contributed by atoms with Crippen molar-refractivity contribution in [1.82, 2.24) is 20.2 Å². The van der Waals surface area contributed by atoms with Gasteiger partial charge in [0.15, 0.2) is 0 Å². The molecule has 1 fully saturated rings. The van der Waals surface area contributed by atoms with Gasteiger partial charge < -0.3 is 10.6 Å². The Balaban J connectivity index is 1.74. The molecule has 0 bridgehead atoms. The molecule has 1 saturated heterocycles. The molecule has 5 nitrogen and oxygen atoms in total. The maximum atomic E-state index is 4.58. The van der Waals surface area contributed by atoms with Crippen LogP contribution in [0.15, 0.2) is 6.20 Å². The quantitative estimate of drug-likeness (QED) is 0.744. The maximum absolute atomic E-state index is 4.58. The van der Waals surface area contributed by atoms with Crippen molar-refractivity contribution in [3.63, 3.8) is 0 Å². The number of hydrogen-bond acceptors (Lipinski definition) is 5. The minimum atomic E-state index is 0.484. The van der Waals surface area contributed by atoms with Crippen LogP contribution in [0.25, 0.3) is 0 Å². The summed E-state index contributed by atoms with van der Waals surface area (Å²) in [7, 11) is 2.11. The maximum Gasteiger partial charge on any atom is 0.223 e. The van der Waals surface area contributed by atoms with Crippen molar-refractivity contribution in [1.29, 1.82) is 0 Å². The van der Waals surface area contributed by atoms with Crippen molar-refractivity contribution in [2.75, 3.05) is 25.5 Å². The van der Waals surface area contributed by atoms with Crippen LogP contribution in [0.2, 0.25) is 0 Å². The monoisotopic (exact) mass is 219 g/mol. The highest BCUT2D eigenvalue weighted by molar-refractivity contribution is 5.32. The molecule has 2 N–H and O–H groups in total. The lowest BCUT2D eigenvalue weighted by molar-refractivity contribution is 0.351. The van der Waals surface area contributed by atoms with Crippen LogP contribution in [0.5, 0.6) is 0 Å². The fourth-order valence-corrected chi connectivity index (χ4v) is 2.34. The predicted octanol–water partition coefficient (Wildman–Crippen LogP) is 0.196. The minimum Gasteiger partial charge on any atom is -0.350 e. The average Bonchev–Trinajstić information content (AvgIpc) is 2.85. The molecule has 16 heavy (non-hydrogen) atoms. The summed E-state index contributed by atoms with van der Waals surface area (Å²) in [5, 5.41) is 6.71. The Bertz CT molecular complexity index is 386. The number of rotatable bonds is 2. The molecule has 86 valence electrons. The largest absolute Gasteiger partial charge is 0.350 e. The van der Waals surface area contributed by atoms with Crippen molar-refractivity contribution in [3.8, 4) is 0 Å². The first-order valence-electron chi connectivity index (χ1n) is 5.82. The van der Waals surface area contributed by atoms with E-state index in [0.717, 1.165) is 38.5 Å². The van der Waals surface area contributed by atoms with Crippen LogP contribution in [0.1, 0.15) is 17.7 Å². The Morgan fingerprint density at radius 1 is 1.50 bits per heavy atom. The van der Waals surface area contributed by atoms with Crippen LogP contribution in [-0.2, 0) is 13.1 Å². The second-order valence-electron chi connectivity index (χ2n) is 4.67. The lowest BCUT2D eigenvalue weighted by atomic mass is 10.2. The van der Waals surface area contributed by atoms with Gasteiger partial charge in [0.05, 0.1) is 5.69 Å². The van der Waals surface area contributed by atoms with Crippen LogP contribution in [-0.4, -0.2) is 41.0 Å². The van der Waals surface area contributed by atoms with E-state index in [1.807, 2.05) is 6.20 Å². The second kappa shape index (κ2) is 3.99. The topological polar surface area (TPSA) is 53.1 Å². The zero-order valence-corrected chi connectivity index (χ0v) is 9.53. The number of fused-ring (bicyclic) bond motifs is 1. The molecule has 2 aliphatic rings. The molecule has 0 saturated carbocycles. The van der Waals surface area contributed by atoms with E-state index in [9.17, 15) is 0 Å². The Kier molecular flexibility index (Phi) is 2.49. The summed E-state index contributed by atoms with van der Waals surface area (Å²) in [5.41, 5.74) is 2.43. The van der Waals surface area contributed by atoms with Crippen molar-refractivity contribution >= 4 is 5.95 Å². The summed E-state index contributed by atoms with van der Waals surface area (Å²) in [5.74, 6) is 0.780. The number of anilines is 1. The third-order valence-corrected chi connectivity index (χ3v) is 3.21. The van der Waals surface area contributed by atoms with E-state index < -0.39 is 0 Å². The van der Waals surface area contributed by atoms with Crippen molar-refractivity contribution < 1.29 is 0 Å². The number of aromatic nitrogens is 2. The summed E-state index contributed by atoms with van der Waals surface area (Å²) in [6.07, 6.45) is 3.11. The van der Waals surface area contributed by atoms with Gasteiger partial charge in [-0.05, 0) is 20.0 Å². The van der Waals surface area contributed by atoms with E-state index in [-0.39, 0.29) is 0 Å². The molecular weight excluding hydrogens is 202 g/mol. The first-order chi connectivity index (χ1) is 7.81. The summed E-state index contributed by atoms with van der Waals surface area (Å²) in [6, 6.07) is 0.484. The third kappa shape index (κ3) is 1.88. The molecule has 3 heterocycles. The molecule has 1 unspecified atom stereocenters. The van der Waals surface area contributed by atoms with Gasteiger partial charge in [0, 0.05) is 37.4 Å². The number of nitrogens with zero attached hydrogens (tertiary/aromatic N) is 3. The first-order valence-corrected chi connectivity index (χ1v) is 5.82. The molecular formula is C11H17N5. The Morgan fingerprint density at radius 3 is 3.25 bits per heavy atom. The Morgan fingerprint density at radius 2 is 2.44 bits per heavy atom. The van der Waals surface area contributed by atoms with Gasteiger partial charge in [-0.3, -0.25) is 4.90 Å². The highest BCUT2D eigenvalue weighted by Gasteiger charge is 2.19. The van der Waals surface area contributed by atoms with Crippen molar-refractivity contribution in [3.05, 3.63) is 17.5 Å². The van der Waals surface area contributed by atoms with Crippen LogP contribution in [0.4, 0.5) is 5.95 Å². The normalized spacial score (nSPS) is 24.7. The molecule has 1 aromatic rings. The highest BCUT2D eigenvalue weighted by atomic mass is 15.2. The van der Waals surface area contributed by atoms with Crippen LogP contribution < -0.4 is 10.6 Å². The van der Waals surface area contributed by atoms with Crippen molar-refractivity contribution in [2.45, 2.75) is 25.6 Å². The Labute approximate surface area is 95.3 Å². The average molecular weight is 219 g/mol. The van der Waals surface area contributed by atoms with E-state index in [0.29, 0.717) is 6.04 Å². The van der Waals surface area contributed by atoms with Gasteiger partial charge in [-0.15, -0.1) is 0 Å². The molecule has 1 aromatic heterocycles. The van der Waals surface area contributed by atoms with Gasteiger partial charge in [0.25, 0.3) is 0 Å². The van der Waals surface area contributed by atoms with Gasteiger partial charge in [-0.2, -0.15) is 0 Å². The van der Waals surface area contributed by atoms with Gasteiger partial charge in [0.2, 0.25) is 5.95 Å². The third-order valence-electron chi connectivity index (χ3n) is 3.21. The molecule has 3 rings (SSSR count). The minimum absolute atomic E-state index is 0.484. The molecule has 2 aliphatic heterocycles. The Hall–Kier alpha value is -1.20. The molecule has 0 radical (unpaired) electrons. The summed E-state index contributed by atoms with van der Waals surface area (Å²) < 4.78 is 0. The molecule has 5 heteroatoms. The van der Waals surface area contributed by atoms with E-state index >= 15 is 0 Å². The second-order valence-corrected chi connectivity index (χ2v) is 4.67. The standard InChI is InChI=1S/C11H17N5/c1-16-6-8-4-13-11(15-10(8)7-16)14-9-2-3-12-5-9/h4,9,12H,2-3,5-7H2,1H3,(H,13,14,15).